The highest BCUT2D eigenvalue weighted by Crippen LogP contribution is 2.26. The summed E-state index contributed by atoms with van der Waals surface area (Å²) in [5.41, 5.74) is 0.325. The predicted molar refractivity (Wildman–Crippen MR) is 80.1 cm³/mol. The Bertz CT molecular complexity index is 464. The van der Waals surface area contributed by atoms with Gasteiger partial charge in [-0.25, -0.2) is 4.98 Å². The molecule has 112 valence electrons. The van der Waals surface area contributed by atoms with Crippen molar-refractivity contribution in [3.63, 3.8) is 0 Å². The number of aryl methyl sites for hydroxylation is 1. The normalized spacial score (nSPS) is 12.0. The molecule has 1 unspecified atom stereocenters. The van der Waals surface area contributed by atoms with E-state index >= 15 is 0 Å². The molecule has 1 atom stereocenters. The Morgan fingerprint density at radius 1 is 1.30 bits per heavy atom. The van der Waals surface area contributed by atoms with E-state index in [1.54, 1.807) is 6.92 Å². The number of anilines is 2. The fourth-order valence-electron chi connectivity index (χ4n) is 1.64. The van der Waals surface area contributed by atoms with E-state index in [9.17, 15) is 10.1 Å². The monoisotopic (exact) mass is 281 g/mol. The number of nitrogens with zero attached hydrogens (tertiary/aromatic N) is 3. The van der Waals surface area contributed by atoms with Crippen LogP contribution in [-0.2, 0) is 0 Å². The molecule has 0 aliphatic rings. The highest BCUT2D eigenvalue weighted by molar-refractivity contribution is 5.60. The summed E-state index contributed by atoms with van der Waals surface area (Å²) in [6.45, 7) is 9.23. The lowest BCUT2D eigenvalue weighted by molar-refractivity contribution is -0.385. The van der Waals surface area contributed by atoms with Crippen LogP contribution in [0.15, 0.2) is 0 Å². The lowest BCUT2D eigenvalue weighted by atomic mass is 10.1. The quantitative estimate of drug-likeness (QED) is 0.562. The summed E-state index contributed by atoms with van der Waals surface area (Å²) in [4.78, 5) is 19.1. The van der Waals surface area contributed by atoms with E-state index in [0.717, 1.165) is 19.4 Å². The molecule has 7 nitrogen and oxygen atoms in total. The second-order valence-corrected chi connectivity index (χ2v) is 4.91. The topological polar surface area (TPSA) is 93.0 Å². The summed E-state index contributed by atoms with van der Waals surface area (Å²) >= 11 is 0. The fraction of sp³-hybridized carbons (Fsp3) is 0.692. The van der Waals surface area contributed by atoms with Gasteiger partial charge in [0, 0.05) is 13.1 Å². The Morgan fingerprint density at radius 2 is 2.00 bits per heavy atom. The van der Waals surface area contributed by atoms with E-state index in [2.05, 4.69) is 34.4 Å². The summed E-state index contributed by atoms with van der Waals surface area (Å²) in [5.74, 6) is 1.15. The van der Waals surface area contributed by atoms with Crippen LogP contribution in [0.25, 0.3) is 0 Å². The number of aromatic nitrogens is 2. The first-order chi connectivity index (χ1) is 9.49. The minimum absolute atomic E-state index is 0.0460. The minimum atomic E-state index is -0.433. The zero-order valence-electron chi connectivity index (χ0n) is 12.6. The van der Waals surface area contributed by atoms with Crippen LogP contribution in [0.5, 0.6) is 0 Å². The van der Waals surface area contributed by atoms with Gasteiger partial charge >= 0.3 is 5.69 Å². The average molecular weight is 281 g/mol. The van der Waals surface area contributed by atoms with Crippen molar-refractivity contribution >= 4 is 17.5 Å². The van der Waals surface area contributed by atoms with E-state index < -0.39 is 4.92 Å². The van der Waals surface area contributed by atoms with E-state index in [0.29, 0.717) is 29.9 Å². The number of nitrogens with one attached hydrogen (secondary N) is 2. The van der Waals surface area contributed by atoms with Crippen molar-refractivity contribution in [3.05, 3.63) is 15.8 Å². The lowest BCUT2D eigenvalue weighted by Gasteiger charge is -2.13. The summed E-state index contributed by atoms with van der Waals surface area (Å²) in [6.07, 6.45) is 1.95. The van der Waals surface area contributed by atoms with Crippen molar-refractivity contribution in [2.45, 2.75) is 40.5 Å². The first-order valence-corrected chi connectivity index (χ1v) is 7.00. The molecule has 0 radical (unpaired) electrons. The molecular formula is C13H23N5O2. The van der Waals surface area contributed by atoms with Gasteiger partial charge in [-0.15, -0.1) is 0 Å². The molecule has 2 N–H and O–H groups in total. The van der Waals surface area contributed by atoms with Crippen molar-refractivity contribution in [1.29, 1.82) is 0 Å². The van der Waals surface area contributed by atoms with Crippen molar-refractivity contribution in [2.75, 3.05) is 23.7 Å². The molecule has 1 aromatic heterocycles. The van der Waals surface area contributed by atoms with Gasteiger partial charge in [0.2, 0.25) is 11.8 Å². The van der Waals surface area contributed by atoms with Gasteiger partial charge in [-0.3, -0.25) is 10.1 Å². The maximum absolute atomic E-state index is 11.1. The van der Waals surface area contributed by atoms with Crippen LogP contribution in [0.3, 0.4) is 0 Å². The number of rotatable bonds is 8. The van der Waals surface area contributed by atoms with Crippen molar-refractivity contribution in [2.24, 2.45) is 5.92 Å². The standard InChI is InChI=1S/C13H23N5O2/c1-5-7-14-13-16-10(4)11(18(19)20)12(17-13)15-8-9(3)6-2/h9H,5-8H2,1-4H3,(H2,14,15,16,17). The number of hydrogen-bond donors (Lipinski definition) is 2. The van der Waals surface area contributed by atoms with Crippen molar-refractivity contribution < 1.29 is 4.92 Å². The first-order valence-electron chi connectivity index (χ1n) is 7.00. The summed E-state index contributed by atoms with van der Waals surface area (Å²) in [5, 5.41) is 17.3. The molecule has 1 heterocycles. The SMILES string of the molecule is CCCNc1nc(C)c([N+](=O)[O-])c(NCC(C)CC)n1. The summed E-state index contributed by atoms with van der Waals surface area (Å²) in [7, 11) is 0. The van der Waals surface area contributed by atoms with Crippen LogP contribution >= 0.6 is 0 Å². The van der Waals surface area contributed by atoms with E-state index in [-0.39, 0.29) is 5.69 Å². The van der Waals surface area contributed by atoms with Gasteiger partial charge in [0.05, 0.1) is 4.92 Å². The highest BCUT2D eigenvalue weighted by Gasteiger charge is 2.22. The maximum atomic E-state index is 11.1. The second-order valence-electron chi connectivity index (χ2n) is 4.91. The smallest absolute Gasteiger partial charge is 0.332 e. The Hall–Kier alpha value is -1.92. The number of nitro groups is 1. The molecule has 0 aromatic carbocycles. The molecule has 0 saturated carbocycles. The third kappa shape index (κ3) is 4.32. The molecule has 0 bridgehead atoms. The molecule has 0 spiro atoms. The molecule has 1 rings (SSSR count). The van der Waals surface area contributed by atoms with E-state index in [1.807, 2.05) is 6.92 Å². The predicted octanol–water partition coefficient (Wildman–Crippen LogP) is 2.97. The largest absolute Gasteiger partial charge is 0.364 e. The average Bonchev–Trinajstić information content (AvgIpc) is 2.41. The van der Waals surface area contributed by atoms with Gasteiger partial charge in [-0.1, -0.05) is 27.2 Å². The summed E-state index contributed by atoms with van der Waals surface area (Å²) < 4.78 is 0. The molecule has 0 aliphatic heterocycles. The minimum Gasteiger partial charge on any atom is -0.364 e. The van der Waals surface area contributed by atoms with Crippen molar-refractivity contribution in [1.82, 2.24) is 9.97 Å². The fourth-order valence-corrected chi connectivity index (χ4v) is 1.64. The Labute approximate surface area is 119 Å². The zero-order valence-corrected chi connectivity index (χ0v) is 12.6. The van der Waals surface area contributed by atoms with Crippen LogP contribution < -0.4 is 10.6 Å². The Balaban J connectivity index is 3.01. The lowest BCUT2D eigenvalue weighted by Crippen LogP contribution is -2.15. The van der Waals surface area contributed by atoms with Crippen LogP contribution in [0, 0.1) is 23.0 Å². The van der Waals surface area contributed by atoms with Gasteiger partial charge < -0.3 is 10.6 Å². The first kappa shape index (κ1) is 16.1. The molecule has 0 saturated heterocycles. The molecule has 1 aromatic rings. The molecular weight excluding hydrogens is 258 g/mol. The summed E-state index contributed by atoms with van der Waals surface area (Å²) in [6, 6.07) is 0. The maximum Gasteiger partial charge on any atom is 0.332 e. The van der Waals surface area contributed by atoms with Gasteiger partial charge in [0.15, 0.2) is 0 Å². The number of hydrogen-bond acceptors (Lipinski definition) is 6. The van der Waals surface area contributed by atoms with Gasteiger partial charge in [0.25, 0.3) is 0 Å². The molecule has 0 fully saturated rings. The third-order valence-electron chi connectivity index (χ3n) is 3.09. The van der Waals surface area contributed by atoms with Crippen LogP contribution in [0.1, 0.15) is 39.3 Å². The van der Waals surface area contributed by atoms with Crippen molar-refractivity contribution in [3.8, 4) is 0 Å². The highest BCUT2D eigenvalue weighted by atomic mass is 16.6. The zero-order chi connectivity index (χ0) is 15.1. The third-order valence-corrected chi connectivity index (χ3v) is 3.09. The van der Waals surface area contributed by atoms with Crippen LogP contribution in [0.2, 0.25) is 0 Å². The van der Waals surface area contributed by atoms with Gasteiger partial charge in [-0.05, 0) is 19.3 Å². The second kappa shape index (κ2) is 7.62. The van der Waals surface area contributed by atoms with Gasteiger partial charge in [0.1, 0.15) is 5.69 Å². The molecule has 20 heavy (non-hydrogen) atoms. The molecule has 7 heteroatoms. The van der Waals surface area contributed by atoms with Crippen LogP contribution in [-0.4, -0.2) is 28.0 Å². The van der Waals surface area contributed by atoms with E-state index in [1.165, 1.54) is 0 Å². The molecule has 0 aliphatic carbocycles. The van der Waals surface area contributed by atoms with Crippen LogP contribution in [0.4, 0.5) is 17.5 Å². The van der Waals surface area contributed by atoms with E-state index in [4.69, 9.17) is 0 Å². The Kier molecular flexibility index (Phi) is 6.14. The molecule has 0 amide bonds. The Morgan fingerprint density at radius 3 is 2.55 bits per heavy atom. The van der Waals surface area contributed by atoms with Gasteiger partial charge in [-0.2, -0.15) is 4.98 Å².